The highest BCUT2D eigenvalue weighted by molar-refractivity contribution is 6.31. The third-order valence-electron chi connectivity index (χ3n) is 4.01. The largest absolute Gasteiger partial charge is 0.315 e. The zero-order chi connectivity index (χ0) is 14.4. The van der Waals surface area contributed by atoms with E-state index in [0.29, 0.717) is 6.04 Å². The summed E-state index contributed by atoms with van der Waals surface area (Å²) in [5.41, 5.74) is 1.25. The summed E-state index contributed by atoms with van der Waals surface area (Å²) in [5.74, 6) is 0.718. The minimum atomic E-state index is 0.652. The molecular weight excluding hydrogens is 268 g/mol. The zero-order valence-electron chi connectivity index (χ0n) is 12.7. The fourth-order valence-corrected chi connectivity index (χ4v) is 3.08. The second-order valence-electron chi connectivity index (χ2n) is 6.26. The molecule has 20 heavy (non-hydrogen) atoms. The van der Waals surface area contributed by atoms with Crippen molar-refractivity contribution in [1.29, 1.82) is 0 Å². The Morgan fingerprint density at radius 2 is 2.10 bits per heavy atom. The lowest BCUT2D eigenvalue weighted by Gasteiger charge is -2.36. The van der Waals surface area contributed by atoms with Gasteiger partial charge in [-0.2, -0.15) is 0 Å². The van der Waals surface area contributed by atoms with E-state index in [-0.39, 0.29) is 0 Å². The second-order valence-corrected chi connectivity index (χ2v) is 6.67. The molecule has 1 saturated heterocycles. The van der Waals surface area contributed by atoms with Crippen molar-refractivity contribution < 1.29 is 0 Å². The SMILES string of the molecule is CC(C)CNCC1CCCCN1Cc1ccccc1Cl. The number of hydrogen-bond donors (Lipinski definition) is 1. The number of halogens is 1. The lowest BCUT2D eigenvalue weighted by Crippen LogP contribution is -2.45. The topological polar surface area (TPSA) is 15.3 Å². The van der Waals surface area contributed by atoms with Crippen LogP contribution >= 0.6 is 11.6 Å². The Labute approximate surface area is 128 Å². The quantitative estimate of drug-likeness (QED) is 0.855. The Morgan fingerprint density at radius 1 is 1.30 bits per heavy atom. The molecular formula is C17H27ClN2. The Bertz CT molecular complexity index is 406. The molecule has 1 aliphatic heterocycles. The number of likely N-dealkylation sites (tertiary alicyclic amines) is 1. The van der Waals surface area contributed by atoms with E-state index in [9.17, 15) is 0 Å². The van der Waals surface area contributed by atoms with Crippen molar-refractivity contribution in [3.8, 4) is 0 Å². The molecule has 1 unspecified atom stereocenters. The molecule has 1 aliphatic rings. The van der Waals surface area contributed by atoms with Crippen LogP contribution < -0.4 is 5.32 Å². The van der Waals surface area contributed by atoms with E-state index in [1.165, 1.54) is 31.4 Å². The van der Waals surface area contributed by atoms with Crippen LogP contribution in [0.4, 0.5) is 0 Å². The van der Waals surface area contributed by atoms with Gasteiger partial charge in [-0.15, -0.1) is 0 Å². The highest BCUT2D eigenvalue weighted by Gasteiger charge is 2.22. The number of hydrogen-bond acceptors (Lipinski definition) is 2. The molecule has 0 bridgehead atoms. The van der Waals surface area contributed by atoms with Crippen molar-refractivity contribution in [3.63, 3.8) is 0 Å². The smallest absolute Gasteiger partial charge is 0.0451 e. The summed E-state index contributed by atoms with van der Waals surface area (Å²) in [6.07, 6.45) is 3.97. The van der Waals surface area contributed by atoms with Crippen LogP contribution in [-0.4, -0.2) is 30.6 Å². The van der Waals surface area contributed by atoms with Crippen LogP contribution in [0.1, 0.15) is 38.7 Å². The minimum absolute atomic E-state index is 0.652. The summed E-state index contributed by atoms with van der Waals surface area (Å²) >= 11 is 6.29. The molecule has 1 N–H and O–H groups in total. The van der Waals surface area contributed by atoms with Gasteiger partial charge in [0.25, 0.3) is 0 Å². The predicted molar refractivity (Wildman–Crippen MR) is 87.2 cm³/mol. The third-order valence-corrected chi connectivity index (χ3v) is 4.38. The summed E-state index contributed by atoms with van der Waals surface area (Å²) < 4.78 is 0. The fourth-order valence-electron chi connectivity index (χ4n) is 2.88. The molecule has 2 rings (SSSR count). The highest BCUT2D eigenvalue weighted by atomic mass is 35.5. The van der Waals surface area contributed by atoms with Gasteiger partial charge in [-0.1, -0.05) is 50.1 Å². The Hall–Kier alpha value is -0.570. The lowest BCUT2D eigenvalue weighted by molar-refractivity contribution is 0.137. The molecule has 1 heterocycles. The lowest BCUT2D eigenvalue weighted by atomic mass is 10.0. The standard InChI is InChI=1S/C17H27ClN2/c1-14(2)11-19-12-16-8-5-6-10-20(16)13-15-7-3-4-9-17(15)18/h3-4,7,9,14,16,19H,5-6,8,10-13H2,1-2H3. The summed E-state index contributed by atoms with van der Waals surface area (Å²) in [4.78, 5) is 2.60. The first kappa shape index (κ1) is 15.8. The first-order chi connectivity index (χ1) is 9.66. The molecule has 1 aromatic rings. The van der Waals surface area contributed by atoms with Crippen LogP contribution in [0.5, 0.6) is 0 Å². The van der Waals surface area contributed by atoms with E-state index in [1.54, 1.807) is 0 Å². The number of benzene rings is 1. The monoisotopic (exact) mass is 294 g/mol. The average Bonchev–Trinajstić information content (AvgIpc) is 2.43. The van der Waals surface area contributed by atoms with Crippen molar-refractivity contribution >= 4 is 11.6 Å². The van der Waals surface area contributed by atoms with Gasteiger partial charge in [-0.05, 0) is 43.5 Å². The van der Waals surface area contributed by atoms with E-state index < -0.39 is 0 Å². The number of piperidine rings is 1. The van der Waals surface area contributed by atoms with Crippen molar-refractivity contribution in [3.05, 3.63) is 34.9 Å². The molecule has 1 atom stereocenters. The fraction of sp³-hybridized carbons (Fsp3) is 0.647. The normalized spacial score (nSPS) is 20.5. The van der Waals surface area contributed by atoms with Crippen molar-refractivity contribution in [1.82, 2.24) is 10.2 Å². The molecule has 2 nitrogen and oxygen atoms in total. The highest BCUT2D eigenvalue weighted by Crippen LogP contribution is 2.22. The summed E-state index contributed by atoms with van der Waals surface area (Å²) in [6, 6.07) is 8.88. The molecule has 112 valence electrons. The number of nitrogens with one attached hydrogen (secondary N) is 1. The molecule has 3 heteroatoms. The molecule has 1 fully saturated rings. The van der Waals surface area contributed by atoms with Gasteiger partial charge in [0.2, 0.25) is 0 Å². The van der Waals surface area contributed by atoms with Gasteiger partial charge in [0.05, 0.1) is 0 Å². The second kappa shape index (κ2) is 8.02. The van der Waals surface area contributed by atoms with Crippen molar-refractivity contribution in [2.45, 2.75) is 45.7 Å². The van der Waals surface area contributed by atoms with Crippen LogP contribution in [0, 0.1) is 5.92 Å². The molecule has 1 aromatic carbocycles. The van der Waals surface area contributed by atoms with Crippen molar-refractivity contribution in [2.75, 3.05) is 19.6 Å². The number of nitrogens with zero attached hydrogens (tertiary/aromatic N) is 1. The van der Waals surface area contributed by atoms with E-state index in [4.69, 9.17) is 11.6 Å². The first-order valence-corrected chi connectivity index (χ1v) is 8.23. The summed E-state index contributed by atoms with van der Waals surface area (Å²) in [7, 11) is 0. The molecule has 0 radical (unpaired) electrons. The van der Waals surface area contributed by atoms with E-state index in [1.807, 2.05) is 12.1 Å². The minimum Gasteiger partial charge on any atom is -0.315 e. The average molecular weight is 295 g/mol. The van der Waals surface area contributed by atoms with Crippen LogP contribution in [0.15, 0.2) is 24.3 Å². The first-order valence-electron chi connectivity index (χ1n) is 7.85. The molecule has 0 spiro atoms. The van der Waals surface area contributed by atoms with Gasteiger partial charge in [-0.3, -0.25) is 4.90 Å². The Balaban J connectivity index is 1.91. The van der Waals surface area contributed by atoms with E-state index in [2.05, 4.69) is 36.2 Å². The van der Waals surface area contributed by atoms with Gasteiger partial charge in [0.15, 0.2) is 0 Å². The molecule has 0 aromatic heterocycles. The van der Waals surface area contributed by atoms with Crippen LogP contribution in [0.3, 0.4) is 0 Å². The predicted octanol–water partition coefficient (Wildman–Crippen LogP) is 3.94. The van der Waals surface area contributed by atoms with Gasteiger partial charge in [0.1, 0.15) is 0 Å². The van der Waals surface area contributed by atoms with E-state index in [0.717, 1.165) is 30.6 Å². The third kappa shape index (κ3) is 4.76. The van der Waals surface area contributed by atoms with Gasteiger partial charge >= 0.3 is 0 Å². The summed E-state index contributed by atoms with van der Waals surface area (Å²) in [5, 5.41) is 4.51. The van der Waals surface area contributed by atoms with Gasteiger partial charge in [0, 0.05) is 24.2 Å². The zero-order valence-corrected chi connectivity index (χ0v) is 13.5. The van der Waals surface area contributed by atoms with Gasteiger partial charge in [-0.25, -0.2) is 0 Å². The maximum Gasteiger partial charge on any atom is 0.0451 e. The van der Waals surface area contributed by atoms with Crippen LogP contribution in [0.2, 0.25) is 5.02 Å². The van der Waals surface area contributed by atoms with Crippen molar-refractivity contribution in [2.24, 2.45) is 5.92 Å². The Morgan fingerprint density at radius 3 is 2.85 bits per heavy atom. The van der Waals surface area contributed by atoms with E-state index >= 15 is 0 Å². The van der Waals surface area contributed by atoms with Crippen LogP contribution in [-0.2, 0) is 6.54 Å². The van der Waals surface area contributed by atoms with Crippen LogP contribution in [0.25, 0.3) is 0 Å². The summed E-state index contributed by atoms with van der Waals surface area (Å²) in [6.45, 7) is 8.90. The number of rotatable bonds is 6. The molecule has 0 aliphatic carbocycles. The van der Waals surface area contributed by atoms with Gasteiger partial charge < -0.3 is 5.32 Å². The molecule has 0 saturated carbocycles. The maximum atomic E-state index is 6.29. The molecule has 0 amide bonds. The maximum absolute atomic E-state index is 6.29. The Kier molecular flexibility index (Phi) is 6.34.